The van der Waals surface area contributed by atoms with Crippen LogP contribution in [0.1, 0.15) is 317 Å². The minimum atomic E-state index is -0.145. The summed E-state index contributed by atoms with van der Waals surface area (Å²) >= 11 is 0. The zero-order chi connectivity index (χ0) is 62.4. The molecule has 2 aromatic rings. The number of carbonyl (C=O) groups excluding carboxylic acids is 4. The van der Waals surface area contributed by atoms with Gasteiger partial charge in [0.05, 0.1) is 28.8 Å². The summed E-state index contributed by atoms with van der Waals surface area (Å²) in [5, 5.41) is 0. The van der Waals surface area contributed by atoms with E-state index in [4.69, 9.17) is 0 Å². The van der Waals surface area contributed by atoms with Crippen molar-refractivity contribution in [3.63, 3.8) is 0 Å². The normalized spacial score (nSPS) is 29.6. The summed E-state index contributed by atoms with van der Waals surface area (Å²) in [6.07, 6.45) is 38.3. The first-order valence-corrected chi connectivity index (χ1v) is 34.4. The van der Waals surface area contributed by atoms with Gasteiger partial charge in [0.25, 0.3) is 23.6 Å². The summed E-state index contributed by atoms with van der Waals surface area (Å²) in [5.41, 5.74) is 7.49. The molecule has 8 aliphatic rings. The first-order valence-electron chi connectivity index (χ1n) is 34.4. The second-order valence-electron chi connectivity index (χ2n) is 31.9. The van der Waals surface area contributed by atoms with Crippen LogP contribution in [-0.2, 0) is 0 Å². The van der Waals surface area contributed by atoms with Crippen LogP contribution in [0.5, 0.6) is 0 Å². The molecule has 100 heavy (non-hydrogen) atoms. The maximum atomic E-state index is 12.9. The maximum absolute atomic E-state index is 12.9. The molecule has 0 saturated heterocycles. The molecular formula is C92H168ClN3O4. The van der Waals surface area contributed by atoms with Gasteiger partial charge >= 0.3 is 0 Å². The number of hydrogen-bond acceptors (Lipinski definition) is 4. The smallest absolute Gasteiger partial charge is 0.261 e. The topological polar surface area (TPSA) is 102 Å². The molecule has 6 saturated carbocycles. The van der Waals surface area contributed by atoms with E-state index in [-0.39, 0.29) is 144 Å². The van der Waals surface area contributed by atoms with Crippen LogP contribution in [0.2, 0.25) is 0 Å². The molecule has 18 unspecified atom stereocenters. The van der Waals surface area contributed by atoms with Crippen LogP contribution in [0, 0.1) is 123 Å². The molecule has 3 N–H and O–H groups in total. The van der Waals surface area contributed by atoms with Crippen molar-refractivity contribution in [2.45, 2.75) is 275 Å². The summed E-state index contributed by atoms with van der Waals surface area (Å²) < 4.78 is 0. The van der Waals surface area contributed by atoms with Crippen LogP contribution >= 0.6 is 0 Å². The van der Waals surface area contributed by atoms with Gasteiger partial charge in [0.1, 0.15) is 0 Å². The Bertz CT molecular complexity index is 2700. The van der Waals surface area contributed by atoms with Crippen LogP contribution in [0.4, 0.5) is 0 Å². The number of amides is 4. The number of fused-ring (bicyclic) bond motifs is 2. The first-order chi connectivity index (χ1) is 40.8. The third kappa shape index (κ3) is 25.6. The van der Waals surface area contributed by atoms with E-state index >= 15 is 0 Å². The monoisotopic (exact) mass is 1410 g/mol. The van der Waals surface area contributed by atoms with Gasteiger partial charge in [-0.05, 0) is 225 Å². The highest BCUT2D eigenvalue weighted by molar-refractivity contribution is 6.22. The number of rotatable bonds is 18. The highest BCUT2D eigenvalue weighted by Crippen LogP contribution is 2.52. The average Bonchev–Trinajstić information content (AvgIpc) is 1.64. The molecule has 0 spiro atoms. The standard InChI is InChI=1S/C29H43NO2.C29H37NO2.C21H35N.13CH4.ClH/c2*1-6-19-14-22(13-12-20-16-21(7-2)26(17-20)29(3,4)5)23(15-19)18-30-27(31)24-10-8-9-11-25(24)28(30)32;1-6-15-10-18(19(11-15)14-22)9-8-16-12-17(7-2)20(13-16)21(3,4)5;;;;;;;;;;;;;;/h8-11,19-23,26H,6-7,12-18H2,1-5H3;6-13,19-23,26H,1-2,14-18H2,3-5H3;6-9,15-20H,1-2,10-14,22H2,3-5H3;13*1H4;1H/b;13-12-;9-8-;;;;;;;;;;;;;;. The van der Waals surface area contributed by atoms with Crippen molar-refractivity contribution >= 4 is 23.6 Å². The maximum Gasteiger partial charge on any atom is 0.261 e. The van der Waals surface area contributed by atoms with E-state index in [2.05, 4.69) is 151 Å². The molecule has 8 heteroatoms. The van der Waals surface area contributed by atoms with Gasteiger partial charge in [0.2, 0.25) is 0 Å². The lowest BCUT2D eigenvalue weighted by Gasteiger charge is -2.32. The molecule has 2 aliphatic heterocycles. The van der Waals surface area contributed by atoms with Crippen LogP contribution in [-0.4, -0.2) is 53.1 Å². The predicted octanol–water partition coefficient (Wildman–Crippen LogP) is 23.5. The molecule has 2 heterocycles. The number of benzene rings is 2. The fourth-order valence-corrected chi connectivity index (χ4v) is 18.4. The van der Waals surface area contributed by atoms with E-state index in [0.29, 0.717) is 99.4 Å². The third-order valence-corrected chi connectivity index (χ3v) is 23.5. The van der Waals surface area contributed by atoms with E-state index in [9.17, 15) is 19.2 Å². The zero-order valence-electron chi connectivity index (χ0n) is 56.0. The Balaban J connectivity index is -0.000000246. The van der Waals surface area contributed by atoms with E-state index in [0.717, 1.165) is 66.7 Å². The highest BCUT2D eigenvalue weighted by Gasteiger charge is 2.46. The Hall–Kier alpha value is -4.59. The number of imide groups is 2. The molecule has 0 bridgehead atoms. The molecule has 0 aromatic heterocycles. The molecule has 7 nitrogen and oxygen atoms in total. The molecule has 2 aromatic carbocycles. The fourth-order valence-electron chi connectivity index (χ4n) is 18.4. The van der Waals surface area contributed by atoms with Gasteiger partial charge in [-0.3, -0.25) is 29.0 Å². The van der Waals surface area contributed by atoms with E-state index in [1.807, 2.05) is 30.3 Å². The van der Waals surface area contributed by atoms with Gasteiger partial charge in [-0.1, -0.05) is 265 Å². The number of nitrogens with zero attached hydrogens (tertiary/aromatic N) is 2. The Morgan fingerprint density at radius 1 is 0.370 bits per heavy atom. The van der Waals surface area contributed by atoms with Crippen molar-refractivity contribution in [2.75, 3.05) is 19.6 Å². The summed E-state index contributed by atoms with van der Waals surface area (Å²) in [5.74, 6) is 11.2. The van der Waals surface area contributed by atoms with Crippen LogP contribution < -0.4 is 18.1 Å². The first kappa shape index (κ1) is 109. The molecule has 0 radical (unpaired) electrons. The lowest BCUT2D eigenvalue weighted by atomic mass is 9.74. The van der Waals surface area contributed by atoms with Crippen LogP contribution in [0.3, 0.4) is 0 Å². The van der Waals surface area contributed by atoms with Gasteiger partial charge in [0.15, 0.2) is 0 Å². The van der Waals surface area contributed by atoms with Crippen molar-refractivity contribution < 1.29 is 37.3 Å². The van der Waals surface area contributed by atoms with Crippen molar-refractivity contribution in [1.29, 1.82) is 0 Å². The average molecular weight is 1420 g/mol. The Kier molecular flexibility index (Phi) is 51.1. The molecule has 10 rings (SSSR count). The molecule has 18 atom stereocenters. The van der Waals surface area contributed by atoms with Gasteiger partial charge in [0, 0.05) is 19.0 Å². The Morgan fingerprint density at radius 2 is 0.710 bits per heavy atom. The molecular weight excluding hydrogens is 1250 g/mol. The van der Waals surface area contributed by atoms with Crippen molar-refractivity contribution in [1.82, 2.24) is 9.80 Å². The Morgan fingerprint density at radius 3 is 1.03 bits per heavy atom. The number of halogens is 1. The molecule has 582 valence electrons. The molecule has 4 amide bonds. The summed E-state index contributed by atoms with van der Waals surface area (Å²) in [7, 11) is 0. The quantitative estimate of drug-likeness (QED) is 0.119. The number of allylic oxidation sites excluding steroid dienone is 8. The SMILES string of the molecule is C.C.C.C.C.C.C.C.C.C.C.C.C.C=CC1CC(/C=C\C2CC(C=C)C(C(C)(C)C)C2)C(CN2C(=O)c3ccccc3C2=O)C1.C=CC1CC(/C=C\C2CC(C=C)C(C(C)(C)C)C2)C(C[NH3+])C1.CCC1CC(CCC2CC(CC)C(C(C)(C)C)C2)C(CN2C(=O)c3ccccc3C2=O)C1.[Cl-]. The number of carbonyl (C=O) groups is 4. The molecule has 6 aliphatic carbocycles. The van der Waals surface area contributed by atoms with Gasteiger partial charge in [-0.2, -0.15) is 0 Å². The number of hydrogen-bond donors (Lipinski definition) is 1. The van der Waals surface area contributed by atoms with Crippen LogP contribution in [0.25, 0.3) is 0 Å². The second-order valence-corrected chi connectivity index (χ2v) is 31.9. The predicted molar refractivity (Wildman–Crippen MR) is 444 cm³/mol. The van der Waals surface area contributed by atoms with Gasteiger partial charge < -0.3 is 18.1 Å². The highest BCUT2D eigenvalue weighted by atomic mass is 35.5. The minimum absolute atomic E-state index is 0. The van der Waals surface area contributed by atoms with Crippen molar-refractivity contribution in [3.05, 3.63) is 146 Å². The van der Waals surface area contributed by atoms with Gasteiger partial charge in [-0.25, -0.2) is 0 Å². The van der Waals surface area contributed by atoms with Crippen molar-refractivity contribution in [2.24, 2.45) is 123 Å². The minimum Gasteiger partial charge on any atom is -1.00 e. The van der Waals surface area contributed by atoms with Crippen molar-refractivity contribution in [3.8, 4) is 0 Å². The third-order valence-electron chi connectivity index (χ3n) is 23.5. The summed E-state index contributed by atoms with van der Waals surface area (Å²) in [6.45, 7) is 44.4. The largest absolute Gasteiger partial charge is 1.00 e. The Labute approximate surface area is 630 Å². The summed E-state index contributed by atoms with van der Waals surface area (Å²) in [4.78, 5) is 54.6. The van der Waals surface area contributed by atoms with E-state index in [1.165, 1.54) is 94.8 Å². The fraction of sp³-hybridized carbons (Fsp3) is 0.696. The number of quaternary nitrogens is 1. The second kappa shape index (κ2) is 47.0. The molecule has 6 fully saturated rings. The lowest BCUT2D eigenvalue weighted by Crippen LogP contribution is -3.00. The summed E-state index contributed by atoms with van der Waals surface area (Å²) in [6, 6.07) is 14.5. The van der Waals surface area contributed by atoms with E-state index in [1.54, 1.807) is 29.2 Å². The zero-order valence-corrected chi connectivity index (χ0v) is 56.8. The lowest BCUT2D eigenvalue weighted by molar-refractivity contribution is -0.380. The van der Waals surface area contributed by atoms with E-state index < -0.39 is 0 Å². The van der Waals surface area contributed by atoms with Crippen LogP contribution in [0.15, 0.2) is 123 Å². The van der Waals surface area contributed by atoms with Gasteiger partial charge in [-0.15, -0.1) is 26.3 Å².